The van der Waals surface area contributed by atoms with Gasteiger partial charge in [0.05, 0.1) is 0 Å². The van der Waals surface area contributed by atoms with Crippen LogP contribution in [-0.4, -0.2) is 23.0 Å². The van der Waals surface area contributed by atoms with Gasteiger partial charge < -0.3 is 8.83 Å². The summed E-state index contributed by atoms with van der Waals surface area (Å²) in [6.07, 6.45) is 2.01. The van der Waals surface area contributed by atoms with E-state index in [1.54, 1.807) is 6.07 Å². The maximum Gasteiger partial charge on any atom is 0.336 e. The Labute approximate surface area is 181 Å². The number of piperidine rings is 1. The Bertz CT molecular complexity index is 1260. The van der Waals surface area contributed by atoms with E-state index in [1.807, 2.05) is 30.3 Å². The number of likely N-dealkylation sites (tertiary alicyclic amines) is 1. The summed E-state index contributed by atoms with van der Waals surface area (Å²) in [4.78, 5) is 19.3. The molecule has 4 aromatic rings. The van der Waals surface area contributed by atoms with Gasteiger partial charge in [0.2, 0.25) is 0 Å². The molecule has 0 bridgehead atoms. The van der Waals surface area contributed by atoms with E-state index in [4.69, 9.17) is 13.8 Å². The first-order valence-corrected chi connectivity index (χ1v) is 11.1. The van der Waals surface area contributed by atoms with Gasteiger partial charge in [-0.1, -0.05) is 26.0 Å². The third-order valence-corrected chi connectivity index (χ3v) is 6.48. The van der Waals surface area contributed by atoms with Gasteiger partial charge in [0.25, 0.3) is 0 Å². The van der Waals surface area contributed by atoms with Gasteiger partial charge in [-0.3, -0.25) is 4.90 Å². The van der Waals surface area contributed by atoms with Crippen LogP contribution in [-0.2, 0) is 6.54 Å². The highest BCUT2D eigenvalue weighted by Crippen LogP contribution is 2.32. The summed E-state index contributed by atoms with van der Waals surface area (Å²) in [6.45, 7) is 9.14. The zero-order chi connectivity index (χ0) is 21.5. The summed E-state index contributed by atoms with van der Waals surface area (Å²) >= 11 is 0. The molecule has 0 aliphatic carbocycles. The zero-order valence-electron chi connectivity index (χ0n) is 18.4. The van der Waals surface area contributed by atoms with E-state index < -0.39 is 0 Å². The molecule has 0 saturated carbocycles. The van der Waals surface area contributed by atoms with Gasteiger partial charge in [0.1, 0.15) is 11.1 Å². The molecule has 0 spiro atoms. The van der Waals surface area contributed by atoms with Crippen molar-refractivity contribution in [3.8, 4) is 0 Å². The number of nitrogens with zero attached hydrogens (tertiary/aromatic N) is 2. The normalized spacial score (nSPS) is 16.0. The number of para-hydroxylation sites is 2. The number of benzene rings is 2. The Hall–Kier alpha value is -2.92. The second kappa shape index (κ2) is 7.97. The Kier molecular flexibility index (Phi) is 5.14. The van der Waals surface area contributed by atoms with Crippen molar-refractivity contribution >= 4 is 22.1 Å². The minimum absolute atomic E-state index is 0.277. The van der Waals surface area contributed by atoms with Crippen LogP contribution in [0, 0.1) is 6.92 Å². The Morgan fingerprint density at radius 2 is 1.84 bits per heavy atom. The van der Waals surface area contributed by atoms with Crippen LogP contribution in [0.1, 0.15) is 61.1 Å². The van der Waals surface area contributed by atoms with Crippen LogP contribution < -0.4 is 5.63 Å². The minimum atomic E-state index is -0.277. The van der Waals surface area contributed by atoms with Gasteiger partial charge in [0.15, 0.2) is 11.5 Å². The minimum Gasteiger partial charge on any atom is -0.440 e. The van der Waals surface area contributed by atoms with Crippen LogP contribution in [0.25, 0.3) is 22.1 Å². The maximum absolute atomic E-state index is 12.2. The maximum atomic E-state index is 12.2. The third kappa shape index (κ3) is 3.90. The first-order valence-electron chi connectivity index (χ1n) is 11.1. The van der Waals surface area contributed by atoms with Crippen molar-refractivity contribution in [2.45, 2.75) is 52.0 Å². The first-order chi connectivity index (χ1) is 15.0. The van der Waals surface area contributed by atoms with E-state index in [1.165, 1.54) is 11.1 Å². The second-order valence-electron chi connectivity index (χ2n) is 9.02. The van der Waals surface area contributed by atoms with E-state index >= 15 is 0 Å². The summed E-state index contributed by atoms with van der Waals surface area (Å²) in [5.74, 6) is 1.62. The molecule has 5 heteroatoms. The fourth-order valence-electron chi connectivity index (χ4n) is 4.79. The number of aromatic nitrogens is 1. The smallest absolute Gasteiger partial charge is 0.336 e. The van der Waals surface area contributed by atoms with Gasteiger partial charge in [-0.05, 0) is 79.7 Å². The van der Waals surface area contributed by atoms with E-state index in [9.17, 15) is 4.79 Å². The highest BCUT2D eigenvalue weighted by Gasteiger charge is 2.25. The molecule has 5 nitrogen and oxygen atoms in total. The van der Waals surface area contributed by atoms with Crippen molar-refractivity contribution in [3.05, 3.63) is 75.5 Å². The molecule has 31 heavy (non-hydrogen) atoms. The van der Waals surface area contributed by atoms with Gasteiger partial charge in [-0.25, -0.2) is 9.78 Å². The van der Waals surface area contributed by atoms with Crippen LogP contribution in [0.5, 0.6) is 0 Å². The van der Waals surface area contributed by atoms with Gasteiger partial charge >= 0.3 is 5.63 Å². The van der Waals surface area contributed by atoms with Crippen LogP contribution in [0.15, 0.2) is 56.1 Å². The van der Waals surface area contributed by atoms with Crippen LogP contribution in [0.3, 0.4) is 0 Å². The molecule has 5 rings (SSSR count). The van der Waals surface area contributed by atoms with Crippen LogP contribution in [0.2, 0.25) is 0 Å². The molecule has 0 radical (unpaired) electrons. The van der Waals surface area contributed by atoms with Crippen molar-refractivity contribution in [1.82, 2.24) is 9.88 Å². The summed E-state index contributed by atoms with van der Waals surface area (Å²) in [6, 6.07) is 13.8. The molecule has 0 unspecified atom stereocenters. The summed E-state index contributed by atoms with van der Waals surface area (Å²) in [7, 11) is 0. The monoisotopic (exact) mass is 416 g/mol. The molecule has 160 valence electrons. The lowest BCUT2D eigenvalue weighted by atomic mass is 9.94. The van der Waals surface area contributed by atoms with Crippen LogP contribution >= 0.6 is 0 Å². The lowest BCUT2D eigenvalue weighted by molar-refractivity contribution is 0.194. The topological polar surface area (TPSA) is 59.5 Å². The predicted molar refractivity (Wildman–Crippen MR) is 123 cm³/mol. The fourth-order valence-corrected chi connectivity index (χ4v) is 4.79. The van der Waals surface area contributed by atoms with Crippen LogP contribution in [0.4, 0.5) is 0 Å². The molecular weight excluding hydrogens is 388 g/mol. The average Bonchev–Trinajstić information content (AvgIpc) is 3.17. The van der Waals surface area contributed by atoms with Crippen molar-refractivity contribution in [1.29, 1.82) is 0 Å². The zero-order valence-corrected chi connectivity index (χ0v) is 18.4. The number of hydrogen-bond donors (Lipinski definition) is 0. The van der Waals surface area contributed by atoms with Crippen molar-refractivity contribution in [3.63, 3.8) is 0 Å². The average molecular weight is 417 g/mol. The molecule has 0 atom stereocenters. The quantitative estimate of drug-likeness (QED) is 0.397. The van der Waals surface area contributed by atoms with Gasteiger partial charge in [-0.15, -0.1) is 0 Å². The number of aryl methyl sites for hydroxylation is 1. The molecule has 0 amide bonds. The number of rotatable bonds is 4. The fraction of sp³-hybridized carbons (Fsp3) is 0.385. The van der Waals surface area contributed by atoms with Crippen molar-refractivity contribution < 1.29 is 8.83 Å². The Morgan fingerprint density at radius 1 is 1.06 bits per heavy atom. The Morgan fingerprint density at radius 3 is 2.58 bits per heavy atom. The van der Waals surface area contributed by atoms with Crippen molar-refractivity contribution in [2.75, 3.05) is 13.1 Å². The standard InChI is InChI=1S/C26H28N2O3/c1-16(2)20-14-21-19(13-25(29)30-24(21)12-17(20)3)15-28-10-8-18(9-11-28)26-27-22-6-4-5-7-23(22)31-26/h4-7,12-14,16,18H,8-11,15H2,1-3H3. The lowest BCUT2D eigenvalue weighted by Crippen LogP contribution is -2.32. The number of fused-ring (bicyclic) bond motifs is 2. The number of oxazole rings is 1. The molecule has 3 heterocycles. The molecule has 2 aromatic heterocycles. The molecule has 1 aliphatic rings. The predicted octanol–water partition coefficient (Wildman–Crippen LogP) is 5.75. The SMILES string of the molecule is Cc1cc2oc(=O)cc(CN3CCC(c4nc5ccccc5o4)CC3)c2cc1C(C)C. The Balaban J connectivity index is 1.36. The summed E-state index contributed by atoms with van der Waals surface area (Å²) in [5.41, 5.74) is 5.72. The third-order valence-electron chi connectivity index (χ3n) is 6.48. The lowest BCUT2D eigenvalue weighted by Gasteiger charge is -2.30. The first kappa shape index (κ1) is 20.0. The molecule has 0 N–H and O–H groups in total. The summed E-state index contributed by atoms with van der Waals surface area (Å²) in [5, 5.41) is 1.05. The van der Waals surface area contributed by atoms with E-state index in [2.05, 4.69) is 31.7 Å². The molecule has 1 saturated heterocycles. The second-order valence-corrected chi connectivity index (χ2v) is 9.02. The van der Waals surface area contributed by atoms with Gasteiger partial charge in [-0.2, -0.15) is 0 Å². The molecule has 1 aliphatic heterocycles. The summed E-state index contributed by atoms with van der Waals surface area (Å²) < 4.78 is 11.5. The molecule has 2 aromatic carbocycles. The highest BCUT2D eigenvalue weighted by molar-refractivity contribution is 5.82. The number of hydrogen-bond acceptors (Lipinski definition) is 5. The van der Waals surface area contributed by atoms with Crippen molar-refractivity contribution in [2.24, 2.45) is 0 Å². The molecular formula is C26H28N2O3. The molecule has 1 fully saturated rings. The van der Waals surface area contributed by atoms with E-state index in [-0.39, 0.29) is 5.63 Å². The van der Waals surface area contributed by atoms with E-state index in [0.717, 1.165) is 60.4 Å². The van der Waals surface area contributed by atoms with E-state index in [0.29, 0.717) is 17.4 Å². The largest absolute Gasteiger partial charge is 0.440 e. The van der Waals surface area contributed by atoms with Gasteiger partial charge in [0, 0.05) is 23.9 Å². The highest BCUT2D eigenvalue weighted by atomic mass is 16.4.